The predicted molar refractivity (Wildman–Crippen MR) is 131 cm³/mol. The Morgan fingerprint density at radius 1 is 0.735 bits per heavy atom. The van der Waals surface area contributed by atoms with E-state index < -0.39 is 11.9 Å². The van der Waals surface area contributed by atoms with E-state index in [9.17, 15) is 14.7 Å². The van der Waals surface area contributed by atoms with Gasteiger partial charge in [-0.3, -0.25) is 0 Å². The van der Waals surface area contributed by atoms with E-state index in [4.69, 9.17) is 9.47 Å². The summed E-state index contributed by atoms with van der Waals surface area (Å²) in [5.74, 6) is -0.985. The second-order valence-corrected chi connectivity index (χ2v) is 7.82. The summed E-state index contributed by atoms with van der Waals surface area (Å²) in [7, 11) is 2.55. The van der Waals surface area contributed by atoms with Gasteiger partial charge in [-0.05, 0) is 60.7 Å². The van der Waals surface area contributed by atoms with E-state index in [1.807, 2.05) is 36.4 Å². The summed E-state index contributed by atoms with van der Waals surface area (Å²) in [6.07, 6.45) is 6.67. The third-order valence-corrected chi connectivity index (χ3v) is 5.88. The number of phenolic OH excluding ortho intramolecular Hbond substituents is 1. The molecule has 8 heteroatoms. The van der Waals surface area contributed by atoms with Crippen molar-refractivity contribution in [3.63, 3.8) is 0 Å². The first-order valence-corrected chi connectivity index (χ1v) is 11.0. The Kier molecular flexibility index (Phi) is 6.87. The van der Waals surface area contributed by atoms with Crippen LogP contribution in [0.25, 0.3) is 0 Å². The van der Waals surface area contributed by atoms with Gasteiger partial charge in [-0.2, -0.15) is 0 Å². The van der Waals surface area contributed by atoms with Crippen LogP contribution in [0, 0.1) is 0 Å². The zero-order valence-electron chi connectivity index (χ0n) is 19.2. The van der Waals surface area contributed by atoms with E-state index in [-0.39, 0.29) is 17.0 Å². The summed E-state index contributed by atoms with van der Waals surface area (Å²) in [6.45, 7) is 3.44. The van der Waals surface area contributed by atoms with Crippen LogP contribution in [0.4, 0.5) is 17.1 Å². The molecule has 2 aromatic rings. The number of anilines is 3. The number of methoxy groups -OCH3 is 2. The first-order valence-electron chi connectivity index (χ1n) is 11.0. The molecule has 0 bridgehead atoms. The first-order chi connectivity index (χ1) is 16.5. The van der Waals surface area contributed by atoms with E-state index in [2.05, 4.69) is 9.80 Å². The van der Waals surface area contributed by atoms with Gasteiger partial charge in [0.05, 0.1) is 19.8 Å². The van der Waals surface area contributed by atoms with Gasteiger partial charge in [0.1, 0.15) is 11.4 Å². The van der Waals surface area contributed by atoms with Gasteiger partial charge in [-0.15, -0.1) is 0 Å². The van der Waals surface area contributed by atoms with Gasteiger partial charge in [0, 0.05) is 49.4 Å². The summed E-state index contributed by atoms with van der Waals surface area (Å²) >= 11 is 0. The van der Waals surface area contributed by atoms with Crippen LogP contribution in [0.5, 0.6) is 5.75 Å². The smallest absolute Gasteiger partial charge is 0.355 e. The summed E-state index contributed by atoms with van der Waals surface area (Å²) in [5.41, 5.74) is 3.09. The Hall–Kier alpha value is -4.20. The first kappa shape index (κ1) is 23.0. The Bertz CT molecular complexity index is 1130. The normalized spacial score (nSPS) is 15.9. The molecule has 1 N–H and O–H groups in total. The molecule has 1 saturated heterocycles. The Morgan fingerprint density at radius 2 is 1.24 bits per heavy atom. The van der Waals surface area contributed by atoms with Crippen molar-refractivity contribution in [3.8, 4) is 5.75 Å². The van der Waals surface area contributed by atoms with E-state index in [0.717, 1.165) is 37.6 Å². The van der Waals surface area contributed by atoms with Crippen molar-refractivity contribution in [3.05, 3.63) is 84.2 Å². The fourth-order valence-electron chi connectivity index (χ4n) is 4.08. The molecule has 2 heterocycles. The highest BCUT2D eigenvalue weighted by molar-refractivity contribution is 6.05. The van der Waals surface area contributed by atoms with Crippen LogP contribution >= 0.6 is 0 Å². The van der Waals surface area contributed by atoms with E-state index >= 15 is 0 Å². The molecule has 2 aromatic carbocycles. The number of allylic oxidation sites excluding steroid dienone is 2. The van der Waals surface area contributed by atoms with Gasteiger partial charge in [0.2, 0.25) is 0 Å². The Balaban J connectivity index is 1.52. The lowest BCUT2D eigenvalue weighted by atomic mass is 10.1. The van der Waals surface area contributed by atoms with Crippen LogP contribution in [0.15, 0.2) is 84.2 Å². The molecule has 2 aliphatic heterocycles. The lowest BCUT2D eigenvalue weighted by Crippen LogP contribution is -2.46. The molecule has 8 nitrogen and oxygen atoms in total. The third kappa shape index (κ3) is 4.76. The highest BCUT2D eigenvalue weighted by atomic mass is 16.5. The van der Waals surface area contributed by atoms with Crippen LogP contribution in [0.3, 0.4) is 0 Å². The fraction of sp³-hybridized carbons (Fsp3) is 0.231. The monoisotopic (exact) mass is 461 g/mol. The predicted octanol–water partition coefficient (Wildman–Crippen LogP) is 3.21. The van der Waals surface area contributed by atoms with Gasteiger partial charge in [-0.25, -0.2) is 9.59 Å². The molecule has 0 spiro atoms. The van der Waals surface area contributed by atoms with Crippen molar-refractivity contribution < 1.29 is 24.2 Å². The number of carbonyl (C=O) groups is 2. The summed E-state index contributed by atoms with van der Waals surface area (Å²) in [5, 5.41) is 9.50. The highest BCUT2D eigenvalue weighted by Crippen LogP contribution is 2.29. The van der Waals surface area contributed by atoms with E-state index in [0.29, 0.717) is 5.69 Å². The average molecular weight is 462 g/mol. The lowest BCUT2D eigenvalue weighted by molar-refractivity contribution is -0.139. The molecule has 0 aromatic heterocycles. The third-order valence-electron chi connectivity index (χ3n) is 5.88. The van der Waals surface area contributed by atoms with Crippen LogP contribution in [-0.4, -0.2) is 57.4 Å². The molecule has 0 atom stereocenters. The number of hydrogen-bond acceptors (Lipinski definition) is 8. The molecular weight excluding hydrogens is 434 g/mol. The largest absolute Gasteiger partial charge is 0.508 e. The maximum absolute atomic E-state index is 12.6. The molecule has 0 aliphatic carbocycles. The van der Waals surface area contributed by atoms with Gasteiger partial charge < -0.3 is 29.3 Å². The standard InChI is InChI=1S/C26H27N3O5/c1-33-25(31)23-5-3-4-14-29(24(23)26(32)34-2)21-8-6-19(7-9-21)27-15-17-28(18-16-27)20-10-12-22(30)13-11-20/h3-14,30H,15-18H2,1-2H3. The SMILES string of the molecule is COC(=O)C1=C(C(=O)OC)N(c2ccc(N3CCN(c4ccc(O)cc4)CC3)cc2)C=CC=C1. The molecule has 1 fully saturated rings. The van der Waals surface area contributed by atoms with E-state index in [1.54, 1.807) is 35.4 Å². The number of ether oxygens (including phenoxy) is 2. The Morgan fingerprint density at radius 3 is 1.76 bits per heavy atom. The van der Waals surface area contributed by atoms with Crippen molar-refractivity contribution in [2.24, 2.45) is 0 Å². The zero-order valence-corrected chi connectivity index (χ0v) is 19.2. The second-order valence-electron chi connectivity index (χ2n) is 7.82. The van der Waals surface area contributed by atoms with Gasteiger partial charge in [0.15, 0.2) is 0 Å². The minimum absolute atomic E-state index is 0.0922. The second kappa shape index (κ2) is 10.2. The number of piperazine rings is 1. The van der Waals surface area contributed by atoms with Crippen molar-refractivity contribution >= 4 is 29.0 Å². The quantitative estimate of drug-likeness (QED) is 0.680. The number of rotatable bonds is 5. The summed E-state index contributed by atoms with van der Waals surface area (Å²) in [6, 6.07) is 15.1. The molecule has 0 amide bonds. The van der Waals surface area contributed by atoms with Crippen LogP contribution < -0.4 is 14.7 Å². The van der Waals surface area contributed by atoms with E-state index in [1.165, 1.54) is 20.3 Å². The molecule has 0 saturated carbocycles. The number of phenols is 1. The summed E-state index contributed by atoms with van der Waals surface area (Å²) < 4.78 is 9.82. The number of hydrogen-bond donors (Lipinski definition) is 1. The molecule has 2 aliphatic rings. The number of benzene rings is 2. The fourth-order valence-corrected chi connectivity index (χ4v) is 4.08. The molecule has 0 radical (unpaired) electrons. The van der Waals surface area contributed by atoms with Gasteiger partial charge in [-0.1, -0.05) is 6.08 Å². The Labute approximate surface area is 198 Å². The molecule has 0 unspecified atom stereocenters. The molecule has 4 rings (SSSR count). The van der Waals surface area contributed by atoms with Gasteiger partial charge in [0.25, 0.3) is 0 Å². The highest BCUT2D eigenvalue weighted by Gasteiger charge is 2.27. The number of esters is 2. The summed E-state index contributed by atoms with van der Waals surface area (Å²) in [4.78, 5) is 31.1. The topological polar surface area (TPSA) is 82.6 Å². The number of aromatic hydroxyl groups is 1. The van der Waals surface area contributed by atoms with Crippen molar-refractivity contribution in [1.82, 2.24) is 0 Å². The average Bonchev–Trinajstić information content (AvgIpc) is 3.11. The minimum atomic E-state index is -0.633. The van der Waals surface area contributed by atoms with Crippen molar-refractivity contribution in [1.29, 1.82) is 0 Å². The van der Waals surface area contributed by atoms with Crippen molar-refractivity contribution in [2.45, 2.75) is 0 Å². The maximum atomic E-state index is 12.6. The van der Waals surface area contributed by atoms with Crippen LogP contribution in [0.2, 0.25) is 0 Å². The number of carbonyl (C=O) groups excluding carboxylic acids is 2. The lowest BCUT2D eigenvalue weighted by Gasteiger charge is -2.37. The zero-order chi connectivity index (χ0) is 24.1. The number of nitrogens with zero attached hydrogens (tertiary/aromatic N) is 3. The van der Waals surface area contributed by atoms with Crippen LogP contribution in [-0.2, 0) is 19.1 Å². The van der Waals surface area contributed by atoms with Gasteiger partial charge >= 0.3 is 11.9 Å². The maximum Gasteiger partial charge on any atom is 0.355 e. The molecule has 34 heavy (non-hydrogen) atoms. The molecular formula is C26H27N3O5. The molecule has 176 valence electrons. The van der Waals surface area contributed by atoms with Crippen LogP contribution in [0.1, 0.15) is 0 Å². The van der Waals surface area contributed by atoms with Crippen molar-refractivity contribution in [2.75, 3.05) is 55.1 Å². The minimum Gasteiger partial charge on any atom is -0.508 e.